The molecule has 1 fully saturated rings. The van der Waals surface area contributed by atoms with Crippen molar-refractivity contribution >= 4 is 44.3 Å². The van der Waals surface area contributed by atoms with Gasteiger partial charge in [0.2, 0.25) is 10.0 Å². The van der Waals surface area contributed by atoms with Gasteiger partial charge in [-0.3, -0.25) is 14.4 Å². The Kier molecular flexibility index (Phi) is 6.32. The SMILES string of the molecule is CS(=O)(=O)Nc1ccc2c(c1)/C(=C(/Nc1ccc(CN3CCCC3)cc1)c1ccccc1)C(=O)N2. The van der Waals surface area contributed by atoms with Gasteiger partial charge in [-0.1, -0.05) is 42.5 Å². The first-order valence-electron chi connectivity index (χ1n) is 11.7. The fourth-order valence-electron chi connectivity index (χ4n) is 4.61. The third-order valence-electron chi connectivity index (χ3n) is 6.21. The zero-order valence-corrected chi connectivity index (χ0v) is 20.4. The predicted octanol–water partition coefficient (Wildman–Crippen LogP) is 4.59. The molecule has 0 aliphatic carbocycles. The smallest absolute Gasteiger partial charge is 0.258 e. The van der Waals surface area contributed by atoms with Crippen LogP contribution in [0.4, 0.5) is 17.1 Å². The Morgan fingerprint density at radius 1 is 0.943 bits per heavy atom. The van der Waals surface area contributed by atoms with E-state index in [9.17, 15) is 13.2 Å². The molecule has 3 aromatic rings. The Morgan fingerprint density at radius 2 is 1.63 bits per heavy atom. The molecule has 2 heterocycles. The lowest BCUT2D eigenvalue weighted by Crippen LogP contribution is -2.18. The van der Waals surface area contributed by atoms with Crippen LogP contribution in [0.2, 0.25) is 0 Å². The van der Waals surface area contributed by atoms with Crippen LogP contribution in [0.3, 0.4) is 0 Å². The highest BCUT2D eigenvalue weighted by atomic mass is 32.2. The molecule has 0 unspecified atom stereocenters. The van der Waals surface area contributed by atoms with Crippen LogP contribution in [0.1, 0.15) is 29.5 Å². The number of benzene rings is 3. The average molecular weight is 489 g/mol. The third kappa shape index (κ3) is 5.39. The van der Waals surface area contributed by atoms with Crippen molar-refractivity contribution in [1.29, 1.82) is 0 Å². The van der Waals surface area contributed by atoms with Gasteiger partial charge in [0.15, 0.2) is 0 Å². The first-order valence-corrected chi connectivity index (χ1v) is 13.6. The minimum atomic E-state index is -3.45. The van der Waals surface area contributed by atoms with E-state index in [-0.39, 0.29) is 5.91 Å². The summed E-state index contributed by atoms with van der Waals surface area (Å²) < 4.78 is 26.0. The molecule has 0 radical (unpaired) electrons. The lowest BCUT2D eigenvalue weighted by Gasteiger charge is -2.17. The molecule has 3 N–H and O–H groups in total. The highest BCUT2D eigenvalue weighted by molar-refractivity contribution is 7.92. The van der Waals surface area contributed by atoms with Gasteiger partial charge in [0.25, 0.3) is 5.91 Å². The number of likely N-dealkylation sites (tertiary alicyclic amines) is 1. The number of anilines is 3. The summed E-state index contributed by atoms with van der Waals surface area (Å²) in [6, 6.07) is 23.0. The summed E-state index contributed by atoms with van der Waals surface area (Å²) in [6.45, 7) is 3.24. The second kappa shape index (κ2) is 9.56. The van der Waals surface area contributed by atoms with Crippen molar-refractivity contribution < 1.29 is 13.2 Å². The number of hydrogen-bond donors (Lipinski definition) is 3. The van der Waals surface area contributed by atoms with Crippen LogP contribution in [0.25, 0.3) is 11.3 Å². The van der Waals surface area contributed by atoms with Gasteiger partial charge in [0.1, 0.15) is 0 Å². The Bertz CT molecular complexity index is 1380. The van der Waals surface area contributed by atoms with E-state index in [1.54, 1.807) is 18.2 Å². The lowest BCUT2D eigenvalue weighted by atomic mass is 9.99. The molecule has 1 saturated heterocycles. The summed E-state index contributed by atoms with van der Waals surface area (Å²) >= 11 is 0. The maximum Gasteiger partial charge on any atom is 0.258 e. The molecular formula is C27H28N4O3S. The van der Waals surface area contributed by atoms with Crippen molar-refractivity contribution in [2.75, 3.05) is 34.7 Å². The molecule has 0 atom stereocenters. The number of sulfonamides is 1. The highest BCUT2D eigenvalue weighted by Gasteiger charge is 2.29. The van der Waals surface area contributed by atoms with Crippen molar-refractivity contribution in [3.8, 4) is 0 Å². The second-order valence-electron chi connectivity index (χ2n) is 9.01. The van der Waals surface area contributed by atoms with E-state index in [0.29, 0.717) is 28.2 Å². The molecule has 8 heteroatoms. The fourth-order valence-corrected chi connectivity index (χ4v) is 5.17. The minimum absolute atomic E-state index is 0.242. The van der Waals surface area contributed by atoms with Gasteiger partial charge in [0, 0.05) is 29.2 Å². The number of carbonyl (C=O) groups excluding carboxylic acids is 1. The monoisotopic (exact) mass is 488 g/mol. The molecule has 3 aromatic carbocycles. The first kappa shape index (κ1) is 23.1. The molecule has 0 aromatic heterocycles. The van der Waals surface area contributed by atoms with E-state index in [2.05, 4.69) is 32.4 Å². The lowest BCUT2D eigenvalue weighted by molar-refractivity contribution is -0.110. The van der Waals surface area contributed by atoms with Gasteiger partial charge in [-0.2, -0.15) is 0 Å². The number of rotatable bonds is 7. The number of hydrogen-bond acceptors (Lipinski definition) is 5. The van der Waals surface area contributed by atoms with Gasteiger partial charge < -0.3 is 10.6 Å². The molecule has 0 saturated carbocycles. The topological polar surface area (TPSA) is 90.5 Å². The summed E-state index contributed by atoms with van der Waals surface area (Å²) in [5, 5.41) is 6.37. The van der Waals surface area contributed by atoms with Crippen molar-refractivity contribution in [3.05, 3.63) is 89.5 Å². The third-order valence-corrected chi connectivity index (χ3v) is 6.81. The van der Waals surface area contributed by atoms with Gasteiger partial charge >= 0.3 is 0 Å². The Morgan fingerprint density at radius 3 is 2.31 bits per heavy atom. The summed E-state index contributed by atoms with van der Waals surface area (Å²) in [6.07, 6.45) is 3.63. The summed E-state index contributed by atoms with van der Waals surface area (Å²) in [5.74, 6) is -0.242. The maximum absolute atomic E-state index is 13.1. The van der Waals surface area contributed by atoms with Crippen molar-refractivity contribution in [2.24, 2.45) is 0 Å². The van der Waals surface area contributed by atoms with Crippen LogP contribution < -0.4 is 15.4 Å². The van der Waals surface area contributed by atoms with Gasteiger partial charge in [0.05, 0.1) is 17.5 Å². The van der Waals surface area contributed by atoms with Crippen molar-refractivity contribution in [2.45, 2.75) is 19.4 Å². The average Bonchev–Trinajstić information content (AvgIpc) is 3.45. The van der Waals surface area contributed by atoms with Gasteiger partial charge in [-0.15, -0.1) is 0 Å². The molecule has 35 heavy (non-hydrogen) atoms. The maximum atomic E-state index is 13.1. The van der Waals surface area contributed by atoms with Crippen LogP contribution in [-0.2, 0) is 21.4 Å². The summed E-state index contributed by atoms with van der Waals surface area (Å²) in [5.41, 5.74) is 5.78. The number of fused-ring (bicyclic) bond motifs is 1. The van der Waals surface area contributed by atoms with Crippen LogP contribution in [-0.4, -0.2) is 38.6 Å². The van der Waals surface area contributed by atoms with Crippen molar-refractivity contribution in [1.82, 2.24) is 4.90 Å². The standard InChI is InChI=1S/C27H28N4O3S/c1-35(33,34)30-22-13-14-24-23(17-22)25(27(32)29-24)26(20-7-3-2-4-8-20)28-21-11-9-19(10-12-21)18-31-15-5-6-16-31/h2-4,7-14,17,28,30H,5-6,15-16,18H2,1H3,(H,29,32)/b26-25-. The molecule has 0 bridgehead atoms. The largest absolute Gasteiger partial charge is 0.354 e. The molecular weight excluding hydrogens is 460 g/mol. The number of carbonyl (C=O) groups is 1. The highest BCUT2D eigenvalue weighted by Crippen LogP contribution is 2.39. The van der Waals surface area contributed by atoms with Crippen LogP contribution in [0.5, 0.6) is 0 Å². The van der Waals surface area contributed by atoms with E-state index >= 15 is 0 Å². The number of amides is 1. The Labute approximate surface area is 205 Å². The first-order chi connectivity index (χ1) is 16.9. The zero-order chi connectivity index (χ0) is 24.4. The molecule has 180 valence electrons. The molecule has 5 rings (SSSR count). The van der Waals surface area contributed by atoms with Crippen molar-refractivity contribution in [3.63, 3.8) is 0 Å². The van der Waals surface area contributed by atoms with Crippen LogP contribution in [0, 0.1) is 0 Å². The molecule has 2 aliphatic heterocycles. The minimum Gasteiger partial charge on any atom is -0.354 e. The molecule has 0 spiro atoms. The van der Waals surface area contributed by atoms with Gasteiger partial charge in [-0.25, -0.2) is 8.42 Å². The van der Waals surface area contributed by atoms with Crippen LogP contribution in [0.15, 0.2) is 72.8 Å². The molecule has 7 nitrogen and oxygen atoms in total. The number of nitrogens with zero attached hydrogens (tertiary/aromatic N) is 1. The molecule has 1 amide bonds. The quantitative estimate of drug-likeness (QED) is 0.424. The van der Waals surface area contributed by atoms with E-state index in [0.717, 1.165) is 37.1 Å². The Balaban J connectivity index is 1.52. The zero-order valence-electron chi connectivity index (χ0n) is 19.5. The summed E-state index contributed by atoms with van der Waals surface area (Å²) in [7, 11) is -3.45. The normalized spacial score (nSPS) is 17.1. The summed E-state index contributed by atoms with van der Waals surface area (Å²) in [4.78, 5) is 15.6. The second-order valence-corrected chi connectivity index (χ2v) is 10.8. The number of nitrogens with one attached hydrogen (secondary N) is 3. The Hall–Kier alpha value is -3.62. The predicted molar refractivity (Wildman–Crippen MR) is 141 cm³/mol. The van der Waals surface area contributed by atoms with Gasteiger partial charge in [-0.05, 0) is 67.4 Å². The fraction of sp³-hybridized carbons (Fsp3) is 0.222. The van der Waals surface area contributed by atoms with E-state index in [1.165, 1.54) is 18.4 Å². The molecule has 2 aliphatic rings. The van der Waals surface area contributed by atoms with E-state index in [4.69, 9.17) is 0 Å². The van der Waals surface area contributed by atoms with E-state index in [1.807, 2.05) is 42.5 Å². The van der Waals surface area contributed by atoms with Crippen LogP contribution >= 0.6 is 0 Å². The van der Waals surface area contributed by atoms with E-state index < -0.39 is 10.0 Å².